The number of likely N-dealkylation sites (tertiary alicyclic amines) is 1. The maximum absolute atomic E-state index is 12.8. The maximum Gasteiger partial charge on any atom is 0.255 e. The average molecular weight is 415 g/mol. The first kappa shape index (κ1) is 19.2. The van der Waals surface area contributed by atoms with Crippen LogP contribution < -0.4 is 10.1 Å². The summed E-state index contributed by atoms with van der Waals surface area (Å²) < 4.78 is 12.9. The van der Waals surface area contributed by atoms with Gasteiger partial charge in [0.15, 0.2) is 5.75 Å². The number of amides is 2. The molecule has 0 radical (unpaired) electrons. The van der Waals surface area contributed by atoms with Gasteiger partial charge in [-0.1, -0.05) is 11.6 Å². The van der Waals surface area contributed by atoms with Gasteiger partial charge in [-0.15, -0.1) is 0 Å². The Kier molecular flexibility index (Phi) is 5.12. The Labute approximate surface area is 172 Å². The van der Waals surface area contributed by atoms with Gasteiger partial charge < -0.3 is 19.7 Å². The van der Waals surface area contributed by atoms with Crippen molar-refractivity contribution in [2.24, 2.45) is 0 Å². The van der Waals surface area contributed by atoms with Crippen molar-refractivity contribution < 1.29 is 19.1 Å². The van der Waals surface area contributed by atoms with Crippen LogP contribution >= 0.6 is 11.6 Å². The molecule has 1 aliphatic heterocycles. The van der Waals surface area contributed by atoms with Gasteiger partial charge in [-0.3, -0.25) is 9.59 Å². The van der Waals surface area contributed by atoms with Gasteiger partial charge in [0.05, 0.1) is 28.6 Å². The Hall–Kier alpha value is -3.10. The number of carbonyl (C=O) groups excluding carboxylic acids is 2. The van der Waals surface area contributed by atoms with Gasteiger partial charge in [-0.05, 0) is 24.6 Å². The number of rotatable bonds is 6. The molecule has 3 heterocycles. The molecule has 150 valence electrons. The van der Waals surface area contributed by atoms with Crippen LogP contribution in [0, 0.1) is 6.92 Å². The van der Waals surface area contributed by atoms with Crippen LogP contribution in [-0.2, 0) is 9.53 Å². The van der Waals surface area contributed by atoms with Crippen molar-refractivity contribution in [2.75, 3.05) is 25.5 Å². The summed E-state index contributed by atoms with van der Waals surface area (Å²) in [7, 11) is 1.64. The molecule has 8 nitrogen and oxygen atoms in total. The maximum atomic E-state index is 12.8. The van der Waals surface area contributed by atoms with Gasteiger partial charge in [-0.25, -0.2) is 4.52 Å². The second-order valence-corrected chi connectivity index (χ2v) is 7.14. The summed E-state index contributed by atoms with van der Waals surface area (Å²) in [5.41, 5.74) is 2.55. The van der Waals surface area contributed by atoms with E-state index in [1.165, 1.54) is 0 Å². The number of methoxy groups -OCH3 is 1. The molecule has 1 N–H and O–H groups in total. The number of hydrogen-bond acceptors (Lipinski definition) is 5. The summed E-state index contributed by atoms with van der Waals surface area (Å²) in [4.78, 5) is 25.2. The molecule has 4 rings (SSSR count). The zero-order valence-corrected chi connectivity index (χ0v) is 16.6. The van der Waals surface area contributed by atoms with Gasteiger partial charge in [0, 0.05) is 38.5 Å². The Bertz CT molecular complexity index is 1090. The molecule has 1 fully saturated rings. The van der Waals surface area contributed by atoms with Crippen LogP contribution in [0.5, 0.6) is 11.5 Å². The van der Waals surface area contributed by atoms with E-state index >= 15 is 0 Å². The van der Waals surface area contributed by atoms with E-state index in [2.05, 4.69) is 10.4 Å². The fraction of sp³-hybridized carbons (Fsp3) is 0.250. The third-order valence-electron chi connectivity index (χ3n) is 4.97. The van der Waals surface area contributed by atoms with E-state index in [4.69, 9.17) is 21.1 Å². The Balaban J connectivity index is 1.64. The van der Waals surface area contributed by atoms with Crippen molar-refractivity contribution in [3.05, 3.63) is 52.8 Å². The van der Waals surface area contributed by atoms with E-state index in [9.17, 15) is 9.59 Å². The number of carbonyl (C=O) groups is 2. The minimum Gasteiger partial charge on any atom is -0.455 e. The highest BCUT2D eigenvalue weighted by Gasteiger charge is 2.33. The quantitative estimate of drug-likeness (QED) is 0.626. The van der Waals surface area contributed by atoms with Crippen molar-refractivity contribution in [2.45, 2.75) is 13.0 Å². The van der Waals surface area contributed by atoms with E-state index in [-0.39, 0.29) is 12.0 Å². The van der Waals surface area contributed by atoms with Crippen molar-refractivity contribution >= 4 is 35.1 Å². The molecule has 1 aromatic carbocycles. The number of halogens is 1. The lowest BCUT2D eigenvalue weighted by molar-refractivity contribution is -0.105. The Morgan fingerprint density at radius 2 is 2.14 bits per heavy atom. The summed E-state index contributed by atoms with van der Waals surface area (Å²) in [6.07, 6.45) is 3.97. The standard InChI is InChI=1S/C20H19ClN4O4/c1-12-15(20(27)24-8-14(9-24)28-2)10-25-19(12)18(5-6-23-25)29-13-3-4-17(22-11-26)16(21)7-13/h3-7,10-11,14H,8-9H2,1-2H3,(H,22,26). The predicted molar refractivity (Wildman–Crippen MR) is 108 cm³/mol. The first-order valence-electron chi connectivity index (χ1n) is 8.98. The third kappa shape index (κ3) is 3.52. The van der Waals surface area contributed by atoms with Crippen LogP contribution in [0.4, 0.5) is 5.69 Å². The van der Waals surface area contributed by atoms with Gasteiger partial charge in [-0.2, -0.15) is 5.10 Å². The van der Waals surface area contributed by atoms with Crippen LogP contribution in [0.25, 0.3) is 5.52 Å². The van der Waals surface area contributed by atoms with Crippen LogP contribution in [0.2, 0.25) is 5.02 Å². The summed E-state index contributed by atoms with van der Waals surface area (Å²) in [5, 5.41) is 7.18. The normalized spacial score (nSPS) is 14.0. The summed E-state index contributed by atoms with van der Waals surface area (Å²) in [6, 6.07) is 6.69. The molecule has 2 amide bonds. The topological polar surface area (TPSA) is 85.2 Å². The van der Waals surface area contributed by atoms with Crippen LogP contribution in [0.15, 0.2) is 36.7 Å². The summed E-state index contributed by atoms with van der Waals surface area (Å²) in [6.45, 7) is 3.03. The first-order chi connectivity index (χ1) is 14.0. The number of benzene rings is 1. The monoisotopic (exact) mass is 414 g/mol. The summed E-state index contributed by atoms with van der Waals surface area (Å²) >= 11 is 6.17. The van der Waals surface area contributed by atoms with Gasteiger partial charge in [0.1, 0.15) is 11.3 Å². The third-order valence-corrected chi connectivity index (χ3v) is 5.28. The molecule has 0 bridgehead atoms. The van der Waals surface area contributed by atoms with Crippen LogP contribution in [0.1, 0.15) is 15.9 Å². The molecule has 9 heteroatoms. The molecule has 29 heavy (non-hydrogen) atoms. The number of hydrogen-bond donors (Lipinski definition) is 1. The van der Waals surface area contributed by atoms with Crippen LogP contribution in [-0.4, -0.2) is 53.1 Å². The number of aromatic nitrogens is 2. The fourth-order valence-corrected chi connectivity index (χ4v) is 3.54. The molecular weight excluding hydrogens is 396 g/mol. The molecule has 0 saturated carbocycles. The number of fused-ring (bicyclic) bond motifs is 1. The van der Waals surface area contributed by atoms with E-state index in [0.717, 1.165) is 5.56 Å². The molecule has 0 aliphatic carbocycles. The molecule has 0 unspecified atom stereocenters. The molecule has 3 aromatic rings. The Morgan fingerprint density at radius 1 is 1.34 bits per heavy atom. The lowest BCUT2D eigenvalue weighted by atomic mass is 10.1. The van der Waals surface area contributed by atoms with E-state index < -0.39 is 0 Å². The van der Waals surface area contributed by atoms with Crippen LogP contribution in [0.3, 0.4) is 0 Å². The Morgan fingerprint density at radius 3 is 2.83 bits per heavy atom. The fourth-order valence-electron chi connectivity index (χ4n) is 3.31. The zero-order chi connectivity index (χ0) is 20.5. The predicted octanol–water partition coefficient (Wildman–Crippen LogP) is 3.13. The molecular formula is C20H19ClN4O4. The van der Waals surface area contributed by atoms with E-state index in [0.29, 0.717) is 52.8 Å². The first-order valence-corrected chi connectivity index (χ1v) is 9.36. The van der Waals surface area contributed by atoms with Gasteiger partial charge in [0.25, 0.3) is 5.91 Å². The van der Waals surface area contributed by atoms with E-state index in [1.54, 1.807) is 53.2 Å². The number of anilines is 1. The smallest absolute Gasteiger partial charge is 0.255 e. The lowest BCUT2D eigenvalue weighted by Gasteiger charge is -2.38. The number of nitrogens with one attached hydrogen (secondary N) is 1. The van der Waals surface area contributed by atoms with E-state index in [1.807, 2.05) is 6.92 Å². The summed E-state index contributed by atoms with van der Waals surface area (Å²) in [5.74, 6) is 0.986. The minimum absolute atomic E-state index is 0.0559. The van der Waals surface area contributed by atoms with Gasteiger partial charge in [0.2, 0.25) is 6.41 Å². The van der Waals surface area contributed by atoms with Crippen molar-refractivity contribution in [3.8, 4) is 11.5 Å². The largest absolute Gasteiger partial charge is 0.455 e. The van der Waals surface area contributed by atoms with Crippen molar-refractivity contribution in [3.63, 3.8) is 0 Å². The van der Waals surface area contributed by atoms with Gasteiger partial charge >= 0.3 is 0 Å². The highest BCUT2D eigenvalue weighted by molar-refractivity contribution is 6.33. The molecule has 1 saturated heterocycles. The minimum atomic E-state index is -0.0559. The number of ether oxygens (including phenoxy) is 2. The average Bonchev–Trinajstić information content (AvgIpc) is 3.01. The zero-order valence-electron chi connectivity index (χ0n) is 15.9. The highest BCUT2D eigenvalue weighted by atomic mass is 35.5. The SMILES string of the molecule is COC1CN(C(=O)c2cn3nccc(Oc4ccc(NC=O)c(Cl)c4)c3c2C)C1. The van der Waals surface area contributed by atoms with Crippen molar-refractivity contribution in [1.29, 1.82) is 0 Å². The number of aryl methyl sites for hydroxylation is 1. The van der Waals surface area contributed by atoms with Crippen molar-refractivity contribution in [1.82, 2.24) is 14.5 Å². The molecule has 0 spiro atoms. The lowest BCUT2D eigenvalue weighted by Crippen LogP contribution is -2.54. The molecule has 1 aliphatic rings. The molecule has 0 atom stereocenters. The number of nitrogens with zero attached hydrogens (tertiary/aromatic N) is 3. The second-order valence-electron chi connectivity index (χ2n) is 6.73. The highest BCUT2D eigenvalue weighted by Crippen LogP contribution is 2.33. The second kappa shape index (κ2) is 7.73. The molecule has 2 aromatic heterocycles.